The van der Waals surface area contributed by atoms with Gasteiger partial charge in [-0.1, -0.05) is 0 Å². The first kappa shape index (κ1) is 7.29. The number of hydrogen-bond donors (Lipinski definition) is 1. The maximum absolute atomic E-state index is 8.20. The molecule has 0 aromatic carbocycles. The van der Waals surface area contributed by atoms with Crippen molar-refractivity contribution in [3.8, 4) is 6.07 Å². The van der Waals surface area contributed by atoms with Crippen LogP contribution in [0.25, 0.3) is 6.08 Å². The van der Waals surface area contributed by atoms with Gasteiger partial charge < -0.3 is 5.73 Å². The third-order valence-corrected chi connectivity index (χ3v) is 1.16. The van der Waals surface area contributed by atoms with Crippen molar-refractivity contribution in [1.29, 1.82) is 5.26 Å². The van der Waals surface area contributed by atoms with Crippen LogP contribution in [0.1, 0.15) is 5.56 Å². The standard InChI is InChI=1S/C8H7N3/c9-5-1-2-7-3-4-8(10)11-6-7/h1-4,6H,(H2,10,11). The zero-order valence-electron chi connectivity index (χ0n) is 5.86. The lowest BCUT2D eigenvalue weighted by Gasteiger charge is -1.91. The number of nitriles is 1. The molecule has 3 heteroatoms. The Morgan fingerprint density at radius 2 is 2.36 bits per heavy atom. The summed E-state index contributed by atoms with van der Waals surface area (Å²) in [6.07, 6.45) is 4.68. The molecule has 2 N–H and O–H groups in total. The molecule has 0 spiro atoms. The number of nitrogens with zero attached hydrogens (tertiary/aromatic N) is 2. The number of hydrogen-bond acceptors (Lipinski definition) is 3. The van der Waals surface area contributed by atoms with E-state index in [2.05, 4.69) is 4.98 Å². The third kappa shape index (κ3) is 2.11. The minimum Gasteiger partial charge on any atom is -0.384 e. The molecule has 54 valence electrons. The average Bonchev–Trinajstić information content (AvgIpc) is 2.04. The molecule has 0 atom stereocenters. The second-order valence-electron chi connectivity index (χ2n) is 1.98. The van der Waals surface area contributed by atoms with Gasteiger partial charge in [-0.3, -0.25) is 0 Å². The number of pyridine rings is 1. The predicted molar refractivity (Wildman–Crippen MR) is 43.3 cm³/mol. The van der Waals surface area contributed by atoms with E-state index in [9.17, 15) is 0 Å². The highest BCUT2D eigenvalue weighted by molar-refractivity contribution is 5.51. The van der Waals surface area contributed by atoms with E-state index in [1.54, 1.807) is 24.4 Å². The summed E-state index contributed by atoms with van der Waals surface area (Å²) in [7, 11) is 0. The number of allylic oxidation sites excluding steroid dienone is 1. The summed E-state index contributed by atoms with van der Waals surface area (Å²) in [5.74, 6) is 0.485. The number of aromatic nitrogens is 1. The van der Waals surface area contributed by atoms with E-state index >= 15 is 0 Å². The number of nitrogens with two attached hydrogens (primary N) is 1. The maximum atomic E-state index is 8.20. The summed E-state index contributed by atoms with van der Waals surface area (Å²) in [6.45, 7) is 0. The van der Waals surface area contributed by atoms with Crippen LogP contribution >= 0.6 is 0 Å². The molecule has 0 aliphatic rings. The molecular weight excluding hydrogens is 138 g/mol. The van der Waals surface area contributed by atoms with Gasteiger partial charge in [-0.15, -0.1) is 0 Å². The average molecular weight is 145 g/mol. The SMILES string of the molecule is N#CC=Cc1ccc(N)nc1. The second kappa shape index (κ2) is 3.37. The molecule has 1 rings (SSSR count). The molecule has 0 amide bonds. The normalized spacial score (nSPS) is 9.73. The van der Waals surface area contributed by atoms with Crippen LogP contribution < -0.4 is 5.73 Å². The molecule has 11 heavy (non-hydrogen) atoms. The van der Waals surface area contributed by atoms with Gasteiger partial charge in [0.25, 0.3) is 0 Å². The van der Waals surface area contributed by atoms with E-state index in [1.165, 1.54) is 6.08 Å². The Hall–Kier alpha value is -1.82. The molecular formula is C8H7N3. The lowest BCUT2D eigenvalue weighted by molar-refractivity contribution is 1.32. The zero-order chi connectivity index (χ0) is 8.10. The predicted octanol–water partition coefficient (Wildman–Crippen LogP) is 1.20. The molecule has 1 aromatic rings. The third-order valence-electron chi connectivity index (χ3n) is 1.16. The smallest absolute Gasteiger partial charge is 0.123 e. The monoisotopic (exact) mass is 145 g/mol. The highest BCUT2D eigenvalue weighted by Crippen LogP contribution is 2.02. The van der Waals surface area contributed by atoms with Crippen molar-refractivity contribution in [2.24, 2.45) is 0 Å². The van der Waals surface area contributed by atoms with Gasteiger partial charge in [0.05, 0.1) is 6.07 Å². The summed E-state index contributed by atoms with van der Waals surface area (Å²) in [4.78, 5) is 3.85. The molecule has 0 aliphatic carbocycles. The first-order valence-electron chi connectivity index (χ1n) is 3.10. The van der Waals surface area contributed by atoms with Crippen LogP contribution in [-0.4, -0.2) is 4.98 Å². The summed E-state index contributed by atoms with van der Waals surface area (Å²) in [6, 6.07) is 5.38. The van der Waals surface area contributed by atoms with Crippen LogP contribution in [0.3, 0.4) is 0 Å². The molecule has 1 aromatic heterocycles. The Morgan fingerprint density at radius 3 is 2.91 bits per heavy atom. The molecule has 0 bridgehead atoms. The summed E-state index contributed by atoms with van der Waals surface area (Å²) in [5, 5.41) is 8.20. The molecule has 0 fully saturated rings. The Labute approximate surface area is 64.8 Å². The van der Waals surface area contributed by atoms with Gasteiger partial charge in [0, 0.05) is 12.3 Å². The van der Waals surface area contributed by atoms with E-state index in [1.807, 2.05) is 6.07 Å². The van der Waals surface area contributed by atoms with E-state index in [0.29, 0.717) is 5.82 Å². The fourth-order valence-corrected chi connectivity index (χ4v) is 0.649. The molecule has 1 heterocycles. The lowest BCUT2D eigenvalue weighted by Crippen LogP contribution is -1.87. The van der Waals surface area contributed by atoms with Gasteiger partial charge >= 0.3 is 0 Å². The van der Waals surface area contributed by atoms with E-state index < -0.39 is 0 Å². The summed E-state index contributed by atoms with van der Waals surface area (Å²) < 4.78 is 0. The Balaban J connectivity index is 2.84. The van der Waals surface area contributed by atoms with Gasteiger partial charge in [-0.2, -0.15) is 5.26 Å². The van der Waals surface area contributed by atoms with Crippen molar-refractivity contribution in [3.63, 3.8) is 0 Å². The van der Waals surface area contributed by atoms with Crippen molar-refractivity contribution < 1.29 is 0 Å². The lowest BCUT2D eigenvalue weighted by atomic mass is 10.2. The first-order chi connectivity index (χ1) is 5.33. The van der Waals surface area contributed by atoms with Crippen molar-refractivity contribution in [2.45, 2.75) is 0 Å². The second-order valence-corrected chi connectivity index (χ2v) is 1.98. The van der Waals surface area contributed by atoms with Gasteiger partial charge in [-0.05, 0) is 23.8 Å². The molecule has 3 nitrogen and oxygen atoms in total. The van der Waals surface area contributed by atoms with Crippen molar-refractivity contribution in [1.82, 2.24) is 4.98 Å². The molecule has 0 radical (unpaired) electrons. The molecule has 0 saturated heterocycles. The minimum atomic E-state index is 0.485. The van der Waals surface area contributed by atoms with E-state index in [4.69, 9.17) is 11.0 Å². The topological polar surface area (TPSA) is 62.7 Å². The van der Waals surface area contributed by atoms with Crippen LogP contribution in [0, 0.1) is 11.3 Å². The minimum absolute atomic E-state index is 0.485. The quantitative estimate of drug-likeness (QED) is 0.604. The maximum Gasteiger partial charge on any atom is 0.123 e. The Morgan fingerprint density at radius 1 is 1.55 bits per heavy atom. The van der Waals surface area contributed by atoms with Crippen LogP contribution in [0.2, 0.25) is 0 Å². The number of anilines is 1. The number of nitrogen functional groups attached to an aromatic ring is 1. The van der Waals surface area contributed by atoms with Crippen molar-refractivity contribution >= 4 is 11.9 Å². The molecule has 0 aliphatic heterocycles. The Bertz CT molecular complexity index is 292. The molecule has 0 saturated carbocycles. The van der Waals surface area contributed by atoms with Crippen LogP contribution in [0.4, 0.5) is 5.82 Å². The van der Waals surface area contributed by atoms with Gasteiger partial charge in [-0.25, -0.2) is 4.98 Å². The van der Waals surface area contributed by atoms with Crippen LogP contribution in [0.15, 0.2) is 24.4 Å². The number of rotatable bonds is 1. The zero-order valence-corrected chi connectivity index (χ0v) is 5.86. The fourth-order valence-electron chi connectivity index (χ4n) is 0.649. The van der Waals surface area contributed by atoms with Gasteiger partial charge in [0.2, 0.25) is 0 Å². The Kier molecular flexibility index (Phi) is 2.24. The van der Waals surface area contributed by atoms with Crippen molar-refractivity contribution in [2.75, 3.05) is 5.73 Å². The highest BCUT2D eigenvalue weighted by atomic mass is 14.8. The largest absolute Gasteiger partial charge is 0.384 e. The highest BCUT2D eigenvalue weighted by Gasteiger charge is 1.85. The van der Waals surface area contributed by atoms with Gasteiger partial charge in [0.15, 0.2) is 0 Å². The van der Waals surface area contributed by atoms with E-state index in [0.717, 1.165) is 5.56 Å². The van der Waals surface area contributed by atoms with Crippen LogP contribution in [0.5, 0.6) is 0 Å². The summed E-state index contributed by atoms with van der Waals surface area (Å²) >= 11 is 0. The fraction of sp³-hybridized carbons (Fsp3) is 0. The van der Waals surface area contributed by atoms with Crippen LogP contribution in [-0.2, 0) is 0 Å². The van der Waals surface area contributed by atoms with E-state index in [-0.39, 0.29) is 0 Å². The molecule has 0 unspecified atom stereocenters. The van der Waals surface area contributed by atoms with Crippen molar-refractivity contribution in [3.05, 3.63) is 30.0 Å². The van der Waals surface area contributed by atoms with Gasteiger partial charge in [0.1, 0.15) is 5.82 Å². The first-order valence-corrected chi connectivity index (χ1v) is 3.10. The summed E-state index contributed by atoms with van der Waals surface area (Å²) in [5.41, 5.74) is 6.23.